The maximum absolute atomic E-state index is 14.3. The van der Waals surface area contributed by atoms with E-state index in [-0.39, 0.29) is 11.3 Å². The number of carboxylic acids is 2. The van der Waals surface area contributed by atoms with Gasteiger partial charge in [-0.1, -0.05) is 30.4 Å². The van der Waals surface area contributed by atoms with Crippen LogP contribution in [0.4, 0.5) is 4.39 Å². The molecule has 35 heavy (non-hydrogen) atoms. The van der Waals surface area contributed by atoms with E-state index in [1.807, 2.05) is 6.07 Å². The van der Waals surface area contributed by atoms with E-state index >= 15 is 0 Å². The van der Waals surface area contributed by atoms with Crippen molar-refractivity contribution in [2.45, 2.75) is 6.54 Å². The summed E-state index contributed by atoms with van der Waals surface area (Å²) in [6, 6.07) is 11.5. The molecule has 0 bridgehead atoms. The van der Waals surface area contributed by atoms with E-state index in [1.54, 1.807) is 61.9 Å². The average molecular weight is 502 g/mol. The number of nitrogens with zero attached hydrogens (tertiary/aromatic N) is 2. The third-order valence-corrected chi connectivity index (χ3v) is 5.86. The van der Waals surface area contributed by atoms with Crippen LogP contribution in [0.2, 0.25) is 0 Å². The molecule has 2 aromatic heterocycles. The second-order valence-electron chi connectivity index (χ2n) is 7.02. The standard InChI is InChI=1S/C20H20FN3O2S.C4H4O4/c1-22-13-17-12-20(18-8-2-3-9-19(18)21)24(15-17)27(25,26)11-5-7-16-6-4-10-23-14-16;5-3(6)1-2-4(7)8/h2-10,12,14-15,22H,11,13H2,1H3;1-2H,(H,5,6)(H,7,8)/b;2-1+. The smallest absolute Gasteiger partial charge is 0.328 e. The van der Waals surface area contributed by atoms with Gasteiger partial charge < -0.3 is 15.5 Å². The van der Waals surface area contributed by atoms with Crippen LogP contribution in [0.3, 0.4) is 0 Å². The molecule has 2 heterocycles. The summed E-state index contributed by atoms with van der Waals surface area (Å²) >= 11 is 0. The van der Waals surface area contributed by atoms with Crippen molar-refractivity contribution in [3.05, 3.63) is 96.2 Å². The summed E-state index contributed by atoms with van der Waals surface area (Å²) in [5.41, 5.74) is 2.13. The highest BCUT2D eigenvalue weighted by Crippen LogP contribution is 2.27. The van der Waals surface area contributed by atoms with Gasteiger partial charge in [0.05, 0.1) is 11.4 Å². The normalized spacial score (nSPS) is 11.4. The summed E-state index contributed by atoms with van der Waals surface area (Å²) in [5, 5.41) is 18.6. The molecule has 11 heteroatoms. The van der Waals surface area contributed by atoms with E-state index in [0.29, 0.717) is 24.4 Å². The van der Waals surface area contributed by atoms with Gasteiger partial charge >= 0.3 is 11.9 Å². The minimum Gasteiger partial charge on any atom is -0.478 e. The van der Waals surface area contributed by atoms with Crippen LogP contribution < -0.4 is 5.32 Å². The van der Waals surface area contributed by atoms with E-state index in [9.17, 15) is 22.4 Å². The van der Waals surface area contributed by atoms with E-state index < -0.39 is 27.8 Å². The Kier molecular flexibility index (Phi) is 10.1. The van der Waals surface area contributed by atoms with Crippen LogP contribution in [-0.4, -0.2) is 52.3 Å². The molecule has 3 N–H and O–H groups in total. The molecule has 184 valence electrons. The zero-order valence-corrected chi connectivity index (χ0v) is 19.5. The van der Waals surface area contributed by atoms with E-state index in [1.165, 1.54) is 12.3 Å². The molecule has 0 amide bonds. The van der Waals surface area contributed by atoms with E-state index in [4.69, 9.17) is 10.2 Å². The van der Waals surface area contributed by atoms with Gasteiger partial charge in [0.1, 0.15) is 5.82 Å². The lowest BCUT2D eigenvalue weighted by Gasteiger charge is -2.09. The number of hydrogen-bond acceptors (Lipinski definition) is 6. The number of pyridine rings is 1. The highest BCUT2D eigenvalue weighted by molar-refractivity contribution is 7.90. The van der Waals surface area contributed by atoms with Crippen LogP contribution >= 0.6 is 0 Å². The molecular weight excluding hydrogens is 477 g/mol. The largest absolute Gasteiger partial charge is 0.478 e. The molecule has 0 atom stereocenters. The van der Waals surface area contributed by atoms with Crippen molar-refractivity contribution < 1.29 is 32.6 Å². The third-order valence-electron chi connectivity index (χ3n) is 4.34. The summed E-state index contributed by atoms with van der Waals surface area (Å²) < 4.78 is 41.2. The van der Waals surface area contributed by atoms with Crippen molar-refractivity contribution in [3.8, 4) is 11.3 Å². The highest BCUT2D eigenvalue weighted by atomic mass is 32.2. The van der Waals surface area contributed by atoms with Crippen LogP contribution in [0.1, 0.15) is 11.1 Å². The fourth-order valence-corrected chi connectivity index (χ4v) is 4.14. The second-order valence-corrected chi connectivity index (χ2v) is 8.91. The lowest BCUT2D eigenvalue weighted by molar-refractivity contribution is -0.134. The third kappa shape index (κ3) is 8.65. The first-order valence-electron chi connectivity index (χ1n) is 10.2. The molecule has 3 aromatic rings. The van der Waals surface area contributed by atoms with Crippen molar-refractivity contribution in [1.82, 2.24) is 14.3 Å². The molecule has 0 aliphatic carbocycles. The monoisotopic (exact) mass is 501 g/mol. The quantitative estimate of drug-likeness (QED) is 0.381. The van der Waals surface area contributed by atoms with Gasteiger partial charge in [-0.3, -0.25) is 4.98 Å². The zero-order chi connectivity index (χ0) is 25.8. The molecular formula is C24H24FN3O6S. The SMILES string of the molecule is CNCc1cc(-c2ccccc2F)n(S(=O)(=O)CC=Cc2cccnc2)c1.O=C(O)/C=C/C(=O)O. The molecule has 9 nitrogen and oxygen atoms in total. The maximum Gasteiger partial charge on any atom is 0.328 e. The van der Waals surface area contributed by atoms with Crippen LogP contribution in [0, 0.1) is 5.82 Å². The zero-order valence-electron chi connectivity index (χ0n) is 18.7. The average Bonchev–Trinajstić information content (AvgIpc) is 3.24. The Morgan fingerprint density at radius 3 is 2.37 bits per heavy atom. The number of aromatic nitrogens is 2. The lowest BCUT2D eigenvalue weighted by atomic mass is 10.1. The first kappa shape index (κ1) is 27.2. The Morgan fingerprint density at radius 2 is 1.80 bits per heavy atom. The molecule has 0 spiro atoms. The van der Waals surface area contributed by atoms with Crippen molar-refractivity contribution in [1.29, 1.82) is 0 Å². The first-order valence-corrected chi connectivity index (χ1v) is 11.8. The fourth-order valence-electron chi connectivity index (χ4n) is 2.90. The van der Waals surface area contributed by atoms with Crippen molar-refractivity contribution in [2.24, 2.45) is 0 Å². The minimum absolute atomic E-state index is 0.211. The lowest BCUT2D eigenvalue weighted by Crippen LogP contribution is -2.16. The summed E-state index contributed by atoms with van der Waals surface area (Å²) in [6.45, 7) is 0.482. The minimum atomic E-state index is -3.71. The van der Waals surface area contributed by atoms with Gasteiger partial charge in [0.15, 0.2) is 0 Å². The maximum atomic E-state index is 14.3. The van der Waals surface area contributed by atoms with Crippen LogP contribution in [0.25, 0.3) is 17.3 Å². The second kappa shape index (κ2) is 13.0. The van der Waals surface area contributed by atoms with E-state index in [2.05, 4.69) is 10.3 Å². The molecule has 0 fully saturated rings. The van der Waals surface area contributed by atoms with Crippen molar-refractivity contribution >= 4 is 28.0 Å². The Balaban J connectivity index is 0.000000466. The van der Waals surface area contributed by atoms with Crippen LogP contribution in [0.5, 0.6) is 0 Å². The molecule has 1 aromatic carbocycles. The molecule has 0 unspecified atom stereocenters. The summed E-state index contributed by atoms with van der Waals surface area (Å²) in [7, 11) is -1.94. The number of benzene rings is 1. The molecule has 0 saturated heterocycles. The predicted octanol–water partition coefficient (Wildman–Crippen LogP) is 3.01. The van der Waals surface area contributed by atoms with Gasteiger partial charge in [-0.2, -0.15) is 0 Å². The number of carbonyl (C=O) groups is 2. The summed E-state index contributed by atoms with van der Waals surface area (Å²) in [4.78, 5) is 23.1. The van der Waals surface area contributed by atoms with Gasteiger partial charge in [-0.15, -0.1) is 0 Å². The Hall–Kier alpha value is -4.09. The Morgan fingerprint density at radius 1 is 1.11 bits per heavy atom. The van der Waals surface area contributed by atoms with Gasteiger partial charge in [-0.25, -0.2) is 26.4 Å². The number of aliphatic carboxylic acids is 2. The van der Waals surface area contributed by atoms with Crippen LogP contribution in [0.15, 0.2) is 79.3 Å². The van der Waals surface area contributed by atoms with Crippen molar-refractivity contribution in [3.63, 3.8) is 0 Å². The number of hydrogen-bond donors (Lipinski definition) is 3. The Bertz CT molecular complexity index is 1300. The molecule has 0 aliphatic heterocycles. The van der Waals surface area contributed by atoms with Gasteiger partial charge in [0, 0.05) is 42.9 Å². The molecule has 0 saturated carbocycles. The van der Waals surface area contributed by atoms with E-state index in [0.717, 1.165) is 15.1 Å². The molecule has 0 aliphatic rings. The summed E-state index contributed by atoms with van der Waals surface area (Å²) in [5.74, 6) is -3.19. The predicted molar refractivity (Wildman–Crippen MR) is 129 cm³/mol. The van der Waals surface area contributed by atoms with Gasteiger partial charge in [0.2, 0.25) is 10.0 Å². The molecule has 0 radical (unpaired) electrons. The topological polar surface area (TPSA) is 139 Å². The summed E-state index contributed by atoms with van der Waals surface area (Å²) in [6.07, 6.45) is 9.21. The number of halogens is 1. The molecule has 3 rings (SSSR count). The number of rotatable bonds is 9. The van der Waals surface area contributed by atoms with Crippen LogP contribution in [-0.2, 0) is 26.2 Å². The first-order chi connectivity index (χ1) is 16.6. The van der Waals surface area contributed by atoms with Gasteiger partial charge in [-0.05, 0) is 42.4 Å². The highest BCUT2D eigenvalue weighted by Gasteiger charge is 2.20. The number of carboxylic acid groups (broad SMARTS) is 2. The van der Waals surface area contributed by atoms with Gasteiger partial charge in [0.25, 0.3) is 0 Å². The number of nitrogens with one attached hydrogen (secondary N) is 1. The Labute approximate surface area is 201 Å². The fraction of sp³-hybridized carbons (Fsp3) is 0.125. The van der Waals surface area contributed by atoms with Crippen molar-refractivity contribution in [2.75, 3.05) is 12.8 Å².